The van der Waals surface area contributed by atoms with E-state index in [1.54, 1.807) is 31.2 Å². The monoisotopic (exact) mass is 423 g/mol. The number of methoxy groups -OCH3 is 2. The summed E-state index contributed by atoms with van der Waals surface area (Å²) < 4.78 is 18.2. The number of carbonyl (C=O) groups is 1. The van der Waals surface area contributed by atoms with Crippen molar-refractivity contribution in [1.82, 2.24) is 9.78 Å². The molecule has 1 aromatic heterocycles. The number of anilines is 1. The number of amides is 1. The number of nitrogens with one attached hydrogen (secondary N) is 1. The van der Waals surface area contributed by atoms with Crippen LogP contribution < -0.4 is 19.5 Å². The first-order valence-corrected chi connectivity index (χ1v) is 10.1. The van der Waals surface area contributed by atoms with E-state index in [0.29, 0.717) is 29.6 Å². The first-order chi connectivity index (χ1) is 14.8. The molecule has 0 spiro atoms. The van der Waals surface area contributed by atoms with Crippen LogP contribution in [0.5, 0.6) is 17.2 Å². The van der Waals surface area contributed by atoms with Crippen molar-refractivity contribution in [3.8, 4) is 17.2 Å². The van der Waals surface area contributed by atoms with Crippen molar-refractivity contribution in [2.75, 3.05) is 26.1 Å². The Kier molecular flexibility index (Phi) is 6.84. The molecule has 0 fully saturated rings. The minimum atomic E-state index is -0.263. The zero-order valence-electron chi connectivity index (χ0n) is 18.6. The van der Waals surface area contributed by atoms with Gasteiger partial charge < -0.3 is 19.5 Å². The van der Waals surface area contributed by atoms with Crippen LogP contribution in [0.4, 0.5) is 5.82 Å². The number of nitrogens with zero attached hydrogens (tertiary/aromatic N) is 2. The van der Waals surface area contributed by atoms with Crippen LogP contribution in [0.15, 0.2) is 54.7 Å². The molecule has 0 unspecified atom stereocenters. The van der Waals surface area contributed by atoms with Crippen molar-refractivity contribution in [3.63, 3.8) is 0 Å². The number of aromatic nitrogens is 2. The summed E-state index contributed by atoms with van der Waals surface area (Å²) in [6, 6.07) is 15.2. The van der Waals surface area contributed by atoms with Gasteiger partial charge >= 0.3 is 0 Å². The molecule has 31 heavy (non-hydrogen) atoms. The lowest BCUT2D eigenvalue weighted by atomic mass is 9.87. The second kappa shape index (κ2) is 9.55. The van der Waals surface area contributed by atoms with E-state index in [9.17, 15) is 4.79 Å². The fourth-order valence-corrected chi connectivity index (χ4v) is 3.18. The molecule has 0 bridgehead atoms. The first-order valence-electron chi connectivity index (χ1n) is 10.1. The Balaban J connectivity index is 1.65. The molecule has 0 aliphatic rings. The first kappa shape index (κ1) is 22.2. The molecule has 0 aliphatic heterocycles. The van der Waals surface area contributed by atoms with Gasteiger partial charge in [0.15, 0.2) is 18.1 Å². The third kappa shape index (κ3) is 5.57. The summed E-state index contributed by atoms with van der Waals surface area (Å²) in [6.45, 7) is 6.73. The second-order valence-electron chi connectivity index (χ2n) is 8.14. The van der Waals surface area contributed by atoms with E-state index in [-0.39, 0.29) is 17.9 Å². The zero-order valence-corrected chi connectivity index (χ0v) is 18.6. The Labute approximate surface area is 182 Å². The van der Waals surface area contributed by atoms with Crippen LogP contribution in [-0.4, -0.2) is 36.5 Å². The number of carbonyl (C=O) groups excluding carboxylic acids is 1. The fourth-order valence-electron chi connectivity index (χ4n) is 3.18. The Morgan fingerprint density at radius 1 is 1.06 bits per heavy atom. The van der Waals surface area contributed by atoms with E-state index < -0.39 is 0 Å². The second-order valence-corrected chi connectivity index (χ2v) is 8.14. The van der Waals surface area contributed by atoms with Gasteiger partial charge in [0.1, 0.15) is 11.6 Å². The molecule has 1 amide bonds. The van der Waals surface area contributed by atoms with Crippen molar-refractivity contribution in [3.05, 3.63) is 65.9 Å². The highest BCUT2D eigenvalue weighted by molar-refractivity contribution is 5.91. The van der Waals surface area contributed by atoms with Crippen LogP contribution in [0.25, 0.3) is 0 Å². The van der Waals surface area contributed by atoms with Crippen LogP contribution in [0, 0.1) is 0 Å². The largest absolute Gasteiger partial charge is 0.493 e. The molecule has 3 rings (SSSR count). The summed E-state index contributed by atoms with van der Waals surface area (Å²) >= 11 is 0. The summed E-state index contributed by atoms with van der Waals surface area (Å²) in [4.78, 5) is 12.5. The molecular formula is C24H29N3O4. The number of para-hydroxylation sites is 1. The zero-order chi connectivity index (χ0) is 22.4. The van der Waals surface area contributed by atoms with Crippen molar-refractivity contribution in [2.45, 2.75) is 32.7 Å². The molecule has 0 radical (unpaired) electrons. The van der Waals surface area contributed by atoms with Gasteiger partial charge in [-0.15, -0.1) is 0 Å². The van der Waals surface area contributed by atoms with Crippen LogP contribution in [0.3, 0.4) is 0 Å². The van der Waals surface area contributed by atoms with E-state index in [0.717, 1.165) is 11.1 Å². The molecule has 7 nitrogen and oxygen atoms in total. The average molecular weight is 424 g/mol. The van der Waals surface area contributed by atoms with Crippen LogP contribution in [-0.2, 0) is 16.8 Å². The summed E-state index contributed by atoms with van der Waals surface area (Å²) in [6.07, 6.45) is 1.63. The molecule has 0 saturated heterocycles. The minimum absolute atomic E-state index is 0.00923. The van der Waals surface area contributed by atoms with Gasteiger partial charge in [-0.05, 0) is 29.2 Å². The molecule has 0 atom stereocenters. The normalized spacial score (nSPS) is 11.1. The molecular weight excluding hydrogens is 394 g/mol. The van der Waals surface area contributed by atoms with E-state index in [1.165, 1.54) is 0 Å². The van der Waals surface area contributed by atoms with Crippen LogP contribution in [0.2, 0.25) is 0 Å². The molecule has 2 aromatic carbocycles. The highest BCUT2D eigenvalue weighted by atomic mass is 16.5. The molecule has 3 aromatic rings. The molecule has 164 valence electrons. The van der Waals surface area contributed by atoms with Crippen molar-refractivity contribution in [2.24, 2.45) is 0 Å². The van der Waals surface area contributed by atoms with Gasteiger partial charge in [-0.2, -0.15) is 5.10 Å². The quantitative estimate of drug-likeness (QED) is 0.586. The lowest BCUT2D eigenvalue weighted by molar-refractivity contribution is -0.118. The fraction of sp³-hybridized carbons (Fsp3) is 0.333. The number of hydrogen-bond acceptors (Lipinski definition) is 5. The molecule has 1 heterocycles. The molecule has 0 aliphatic carbocycles. The Morgan fingerprint density at radius 2 is 1.84 bits per heavy atom. The van der Waals surface area contributed by atoms with Crippen molar-refractivity contribution < 1.29 is 19.0 Å². The highest BCUT2D eigenvalue weighted by Crippen LogP contribution is 2.31. The van der Waals surface area contributed by atoms with Crippen molar-refractivity contribution in [1.29, 1.82) is 0 Å². The Bertz CT molecular complexity index is 1040. The number of benzene rings is 2. The maximum Gasteiger partial charge on any atom is 0.263 e. The minimum Gasteiger partial charge on any atom is -0.493 e. The predicted octanol–water partition coefficient (Wildman–Crippen LogP) is 4.26. The van der Waals surface area contributed by atoms with Crippen LogP contribution >= 0.6 is 0 Å². The van der Waals surface area contributed by atoms with Gasteiger partial charge in [0.25, 0.3) is 5.91 Å². The SMILES string of the molecule is COc1cccc(Cn2nccc2NC(=O)COc2cccc(C(C)(C)C)c2)c1OC. The standard InChI is InChI=1S/C24H29N3O4/c1-24(2,3)18-9-7-10-19(14-18)31-16-22(28)26-21-12-13-25-27(21)15-17-8-6-11-20(29-4)23(17)30-5/h6-14H,15-16H2,1-5H3,(H,26,28). The lowest BCUT2D eigenvalue weighted by Crippen LogP contribution is -2.22. The maximum atomic E-state index is 12.5. The Morgan fingerprint density at radius 3 is 2.55 bits per heavy atom. The molecule has 1 N–H and O–H groups in total. The van der Waals surface area contributed by atoms with E-state index >= 15 is 0 Å². The summed E-state index contributed by atoms with van der Waals surface area (Å²) in [5.74, 6) is 2.25. The smallest absolute Gasteiger partial charge is 0.263 e. The maximum absolute atomic E-state index is 12.5. The van der Waals surface area contributed by atoms with Gasteiger partial charge in [0.05, 0.1) is 27.0 Å². The van der Waals surface area contributed by atoms with Gasteiger partial charge in [-0.1, -0.05) is 45.0 Å². The molecule has 7 heteroatoms. The predicted molar refractivity (Wildman–Crippen MR) is 120 cm³/mol. The number of rotatable bonds is 8. The lowest BCUT2D eigenvalue weighted by Gasteiger charge is -2.19. The summed E-state index contributed by atoms with van der Waals surface area (Å²) in [7, 11) is 3.19. The van der Waals surface area contributed by atoms with E-state index in [2.05, 4.69) is 37.3 Å². The van der Waals surface area contributed by atoms with E-state index in [4.69, 9.17) is 14.2 Å². The summed E-state index contributed by atoms with van der Waals surface area (Å²) in [5, 5.41) is 7.17. The van der Waals surface area contributed by atoms with Crippen LogP contribution in [0.1, 0.15) is 31.9 Å². The van der Waals surface area contributed by atoms with Gasteiger partial charge in [-0.25, -0.2) is 4.68 Å². The summed E-state index contributed by atoms with van der Waals surface area (Å²) in [5.41, 5.74) is 2.04. The average Bonchev–Trinajstić information content (AvgIpc) is 3.18. The third-order valence-corrected chi connectivity index (χ3v) is 4.86. The van der Waals surface area contributed by atoms with Gasteiger partial charge in [0.2, 0.25) is 0 Å². The molecule has 0 saturated carbocycles. The number of ether oxygens (including phenoxy) is 3. The third-order valence-electron chi connectivity index (χ3n) is 4.86. The van der Waals surface area contributed by atoms with Crippen molar-refractivity contribution >= 4 is 11.7 Å². The highest BCUT2D eigenvalue weighted by Gasteiger charge is 2.15. The van der Waals surface area contributed by atoms with Gasteiger partial charge in [-0.3, -0.25) is 4.79 Å². The van der Waals surface area contributed by atoms with E-state index in [1.807, 2.05) is 36.4 Å². The Hall–Kier alpha value is -3.48. The topological polar surface area (TPSA) is 74.6 Å². The van der Waals surface area contributed by atoms with Gasteiger partial charge in [0, 0.05) is 11.6 Å². The number of hydrogen-bond donors (Lipinski definition) is 1.